The number of aryl methyl sites for hydroxylation is 1. The molecular formula is C27H24N4O2S. The highest BCUT2D eigenvalue weighted by atomic mass is 32.1. The molecule has 0 atom stereocenters. The van der Waals surface area contributed by atoms with Gasteiger partial charge in [-0.2, -0.15) is 0 Å². The number of rotatable bonds is 6. The van der Waals surface area contributed by atoms with Crippen molar-refractivity contribution in [3.8, 4) is 11.3 Å². The first kappa shape index (κ1) is 21.9. The van der Waals surface area contributed by atoms with Crippen LogP contribution in [0.5, 0.6) is 0 Å². The predicted octanol–water partition coefficient (Wildman–Crippen LogP) is 5.52. The van der Waals surface area contributed by atoms with E-state index < -0.39 is 0 Å². The van der Waals surface area contributed by atoms with Crippen LogP contribution in [-0.2, 0) is 17.9 Å². The van der Waals surface area contributed by atoms with Gasteiger partial charge in [-0.25, -0.2) is 4.98 Å². The summed E-state index contributed by atoms with van der Waals surface area (Å²) in [6.45, 7) is 8.78. The average molecular weight is 469 g/mol. The van der Waals surface area contributed by atoms with E-state index in [2.05, 4.69) is 41.4 Å². The van der Waals surface area contributed by atoms with E-state index in [9.17, 15) is 9.59 Å². The van der Waals surface area contributed by atoms with E-state index in [1.54, 1.807) is 12.1 Å². The number of hydrogen-bond acceptors (Lipinski definition) is 4. The number of nitrogens with zero attached hydrogens (tertiary/aromatic N) is 3. The Morgan fingerprint density at radius 1 is 1.06 bits per heavy atom. The van der Waals surface area contributed by atoms with E-state index in [0.29, 0.717) is 15.9 Å². The third-order valence-electron chi connectivity index (χ3n) is 6.09. The summed E-state index contributed by atoms with van der Waals surface area (Å²) in [6, 6.07) is 16.9. The van der Waals surface area contributed by atoms with Crippen molar-refractivity contribution in [1.29, 1.82) is 0 Å². The largest absolute Gasteiger partial charge is 0.345 e. The van der Waals surface area contributed by atoms with Gasteiger partial charge in [0.15, 0.2) is 10.6 Å². The molecular weight excluding hydrogens is 444 g/mol. The second-order valence-corrected chi connectivity index (χ2v) is 9.08. The topological polar surface area (TPSA) is 68.9 Å². The summed E-state index contributed by atoms with van der Waals surface area (Å²) in [5, 5.41) is 6.64. The highest BCUT2D eigenvalue weighted by Crippen LogP contribution is 2.30. The number of carbonyl (C=O) groups excluding carboxylic acids is 1. The summed E-state index contributed by atoms with van der Waals surface area (Å²) in [6.07, 6.45) is 1.88. The molecule has 0 saturated carbocycles. The van der Waals surface area contributed by atoms with Gasteiger partial charge in [-0.15, -0.1) is 17.9 Å². The molecule has 6 nitrogen and oxygen atoms in total. The fourth-order valence-electron chi connectivity index (χ4n) is 4.47. The maximum atomic E-state index is 13.1. The zero-order valence-corrected chi connectivity index (χ0v) is 19.9. The van der Waals surface area contributed by atoms with E-state index in [1.165, 1.54) is 11.3 Å². The first-order valence-corrected chi connectivity index (χ1v) is 11.9. The fourth-order valence-corrected chi connectivity index (χ4v) is 5.20. The second kappa shape index (κ2) is 8.76. The van der Waals surface area contributed by atoms with Crippen molar-refractivity contribution in [1.82, 2.24) is 14.1 Å². The summed E-state index contributed by atoms with van der Waals surface area (Å²) >= 11 is 1.40. The van der Waals surface area contributed by atoms with Gasteiger partial charge in [0.1, 0.15) is 6.54 Å². The second-order valence-electron chi connectivity index (χ2n) is 8.22. The molecule has 34 heavy (non-hydrogen) atoms. The van der Waals surface area contributed by atoms with E-state index in [0.717, 1.165) is 40.2 Å². The van der Waals surface area contributed by atoms with Crippen molar-refractivity contribution in [3.63, 3.8) is 0 Å². The lowest BCUT2D eigenvalue weighted by Crippen LogP contribution is -2.21. The maximum Gasteiger partial charge on any atom is 0.246 e. The minimum atomic E-state index is -0.197. The van der Waals surface area contributed by atoms with Gasteiger partial charge in [0.2, 0.25) is 5.91 Å². The first-order valence-electron chi connectivity index (χ1n) is 11.0. The first-order chi connectivity index (χ1) is 16.5. The number of amides is 1. The van der Waals surface area contributed by atoms with Crippen molar-refractivity contribution in [2.24, 2.45) is 0 Å². The van der Waals surface area contributed by atoms with Crippen LogP contribution in [0.3, 0.4) is 0 Å². The van der Waals surface area contributed by atoms with Crippen LogP contribution in [-0.4, -0.2) is 20.0 Å². The summed E-state index contributed by atoms with van der Waals surface area (Å²) in [5.74, 6) is -0.197. The molecule has 5 rings (SSSR count). The quantitative estimate of drug-likeness (QED) is 0.263. The molecule has 7 heteroatoms. The number of aromatic nitrogens is 3. The molecule has 170 valence electrons. The van der Waals surface area contributed by atoms with Crippen LogP contribution in [0.25, 0.3) is 33.1 Å². The van der Waals surface area contributed by atoms with Crippen LogP contribution in [0.2, 0.25) is 0 Å². The molecule has 0 unspecified atom stereocenters. The van der Waals surface area contributed by atoms with Gasteiger partial charge in [-0.1, -0.05) is 30.3 Å². The molecule has 0 saturated heterocycles. The number of thiazole rings is 1. The lowest BCUT2D eigenvalue weighted by molar-refractivity contribution is -0.116. The average Bonchev–Trinajstić information content (AvgIpc) is 3.41. The standard InChI is InChI=1S/C27H24N4O2S/c1-4-13-30-17(2)14-21(18(30)3)22-16-34-27(28-22)29-25(32)15-31-23-11-7-5-9-19(23)26(33)20-10-6-8-12-24(20)31/h4-12,14,16H,1,13,15H2,2-3H3,(H,28,29,32). The van der Waals surface area contributed by atoms with Crippen LogP contribution in [0.1, 0.15) is 11.4 Å². The number of hydrogen-bond donors (Lipinski definition) is 1. The molecule has 0 aliphatic heterocycles. The van der Waals surface area contributed by atoms with Gasteiger partial charge in [-0.3, -0.25) is 9.59 Å². The summed E-state index contributed by atoms with van der Waals surface area (Å²) < 4.78 is 4.07. The minimum Gasteiger partial charge on any atom is -0.345 e. The minimum absolute atomic E-state index is 0.0264. The van der Waals surface area contributed by atoms with Gasteiger partial charge in [-0.05, 0) is 44.2 Å². The van der Waals surface area contributed by atoms with Crippen LogP contribution < -0.4 is 10.7 Å². The zero-order chi connectivity index (χ0) is 23.8. The Balaban J connectivity index is 1.45. The monoisotopic (exact) mass is 468 g/mol. The smallest absolute Gasteiger partial charge is 0.246 e. The summed E-state index contributed by atoms with van der Waals surface area (Å²) in [5.41, 5.74) is 5.58. The number of carbonyl (C=O) groups is 1. The van der Waals surface area contributed by atoms with Crippen molar-refractivity contribution in [2.45, 2.75) is 26.9 Å². The van der Waals surface area contributed by atoms with Crippen LogP contribution in [0, 0.1) is 13.8 Å². The number of nitrogens with one attached hydrogen (secondary N) is 1. The molecule has 2 aromatic carbocycles. The molecule has 0 aliphatic carbocycles. The van der Waals surface area contributed by atoms with Crippen LogP contribution in [0.4, 0.5) is 5.13 Å². The molecule has 5 aromatic rings. The van der Waals surface area contributed by atoms with Crippen molar-refractivity contribution in [3.05, 3.63) is 94.2 Å². The molecule has 0 spiro atoms. The predicted molar refractivity (Wildman–Crippen MR) is 140 cm³/mol. The van der Waals surface area contributed by atoms with E-state index in [1.807, 2.05) is 52.4 Å². The van der Waals surface area contributed by atoms with E-state index in [-0.39, 0.29) is 17.9 Å². The normalized spacial score (nSPS) is 11.2. The van der Waals surface area contributed by atoms with E-state index >= 15 is 0 Å². The SMILES string of the molecule is C=CCn1c(C)cc(-c2csc(NC(=O)Cn3c4ccccc4c(=O)c4ccccc43)n2)c1C. The van der Waals surface area contributed by atoms with Crippen LogP contribution >= 0.6 is 11.3 Å². The molecule has 0 aliphatic rings. The van der Waals surface area contributed by atoms with Gasteiger partial charge in [0.25, 0.3) is 0 Å². The Labute approximate surface area is 200 Å². The summed E-state index contributed by atoms with van der Waals surface area (Å²) in [7, 11) is 0. The Morgan fingerprint density at radius 2 is 1.71 bits per heavy atom. The lowest BCUT2D eigenvalue weighted by Gasteiger charge is -2.14. The lowest BCUT2D eigenvalue weighted by atomic mass is 10.1. The zero-order valence-electron chi connectivity index (χ0n) is 19.0. The molecule has 3 heterocycles. The van der Waals surface area contributed by atoms with Gasteiger partial charge < -0.3 is 14.5 Å². The third-order valence-corrected chi connectivity index (χ3v) is 6.85. The Kier molecular flexibility index (Phi) is 5.63. The number of benzene rings is 2. The Hall–Kier alpha value is -3.97. The number of fused-ring (bicyclic) bond motifs is 2. The highest BCUT2D eigenvalue weighted by molar-refractivity contribution is 7.14. The van der Waals surface area contributed by atoms with Crippen LogP contribution in [0.15, 0.2) is 77.4 Å². The van der Waals surface area contributed by atoms with Gasteiger partial charge >= 0.3 is 0 Å². The molecule has 0 bridgehead atoms. The van der Waals surface area contributed by atoms with Gasteiger partial charge in [0, 0.05) is 39.6 Å². The van der Waals surface area contributed by atoms with Gasteiger partial charge in [0.05, 0.1) is 16.7 Å². The van der Waals surface area contributed by atoms with Crippen molar-refractivity contribution >= 4 is 44.2 Å². The van der Waals surface area contributed by atoms with Crippen molar-refractivity contribution < 1.29 is 4.79 Å². The molecule has 1 amide bonds. The summed E-state index contributed by atoms with van der Waals surface area (Å²) in [4.78, 5) is 30.6. The molecule has 0 radical (unpaired) electrons. The molecule has 0 fully saturated rings. The van der Waals surface area contributed by atoms with E-state index in [4.69, 9.17) is 0 Å². The number of anilines is 1. The number of para-hydroxylation sites is 2. The fraction of sp³-hybridized carbons (Fsp3) is 0.148. The Bertz CT molecular complexity index is 1560. The third kappa shape index (κ3) is 3.74. The molecule has 3 aromatic heterocycles. The Morgan fingerprint density at radius 3 is 2.35 bits per heavy atom. The highest BCUT2D eigenvalue weighted by Gasteiger charge is 2.16. The number of pyridine rings is 1. The molecule has 1 N–H and O–H groups in total. The maximum absolute atomic E-state index is 13.1. The van der Waals surface area contributed by atoms with Crippen molar-refractivity contribution in [2.75, 3.05) is 5.32 Å². The number of allylic oxidation sites excluding steroid dienone is 1.